The Kier molecular flexibility index (Phi) is 4.20. The van der Waals surface area contributed by atoms with Gasteiger partial charge in [0.2, 0.25) is 5.91 Å². The molecule has 1 aliphatic heterocycles. The number of hydrogen-bond donors (Lipinski definition) is 2. The van der Waals surface area contributed by atoms with Gasteiger partial charge >= 0.3 is 0 Å². The van der Waals surface area contributed by atoms with Crippen molar-refractivity contribution < 1.29 is 18.7 Å². The predicted molar refractivity (Wildman–Crippen MR) is 77.6 cm³/mol. The molecule has 6 heteroatoms. The van der Waals surface area contributed by atoms with Crippen molar-refractivity contribution in [1.29, 1.82) is 0 Å². The van der Waals surface area contributed by atoms with E-state index in [9.17, 15) is 9.59 Å². The van der Waals surface area contributed by atoms with Gasteiger partial charge in [-0.1, -0.05) is 30.3 Å². The molecule has 0 radical (unpaired) electrons. The number of carbonyl (C=O) groups is 2. The summed E-state index contributed by atoms with van der Waals surface area (Å²) in [6.45, 7) is 0.156. The number of hydrogen-bond acceptors (Lipinski definition) is 4. The average molecular weight is 300 g/mol. The summed E-state index contributed by atoms with van der Waals surface area (Å²) in [5.74, 6) is 0.138. The Morgan fingerprint density at radius 1 is 1.23 bits per heavy atom. The van der Waals surface area contributed by atoms with Crippen LogP contribution in [0.3, 0.4) is 0 Å². The summed E-state index contributed by atoms with van der Waals surface area (Å²) in [6.07, 6.45) is 0.779. The lowest BCUT2D eigenvalue weighted by Crippen LogP contribution is -2.52. The fourth-order valence-electron chi connectivity index (χ4n) is 2.39. The molecule has 2 N–H and O–H groups in total. The van der Waals surface area contributed by atoms with Crippen LogP contribution in [0.15, 0.2) is 53.1 Å². The maximum atomic E-state index is 12.4. The van der Waals surface area contributed by atoms with Gasteiger partial charge in [0.05, 0.1) is 18.8 Å². The van der Waals surface area contributed by atoms with Crippen LogP contribution in [0.4, 0.5) is 0 Å². The third-order valence-corrected chi connectivity index (χ3v) is 3.45. The molecule has 3 rings (SSSR count). The van der Waals surface area contributed by atoms with Gasteiger partial charge in [-0.15, -0.1) is 0 Å². The second-order valence-electron chi connectivity index (χ2n) is 4.98. The van der Waals surface area contributed by atoms with Crippen molar-refractivity contribution in [1.82, 2.24) is 10.6 Å². The highest BCUT2D eigenvalue weighted by Gasteiger charge is 2.35. The van der Waals surface area contributed by atoms with Crippen molar-refractivity contribution in [3.63, 3.8) is 0 Å². The van der Waals surface area contributed by atoms with Crippen LogP contribution in [0.2, 0.25) is 0 Å². The number of carbonyl (C=O) groups excluding carboxylic acids is 2. The number of ether oxygens (including phenoxy) is 1. The summed E-state index contributed by atoms with van der Waals surface area (Å²) < 4.78 is 10.6. The Morgan fingerprint density at radius 3 is 2.77 bits per heavy atom. The molecule has 0 aliphatic carbocycles. The molecule has 0 unspecified atom stereocenters. The zero-order valence-corrected chi connectivity index (χ0v) is 11.8. The van der Waals surface area contributed by atoms with E-state index in [4.69, 9.17) is 9.15 Å². The fourth-order valence-corrected chi connectivity index (χ4v) is 2.39. The average Bonchev–Trinajstić information content (AvgIpc) is 3.07. The molecule has 0 bridgehead atoms. The maximum absolute atomic E-state index is 12.4. The largest absolute Gasteiger partial charge is 0.467 e. The molecule has 0 spiro atoms. The Hall–Kier alpha value is -2.60. The smallest absolute Gasteiger partial charge is 0.252 e. The molecule has 114 valence electrons. The third kappa shape index (κ3) is 3.17. The molecule has 1 saturated heterocycles. The third-order valence-electron chi connectivity index (χ3n) is 3.45. The van der Waals surface area contributed by atoms with Crippen molar-refractivity contribution in [3.8, 4) is 0 Å². The van der Waals surface area contributed by atoms with Crippen LogP contribution in [0.1, 0.15) is 17.4 Å². The fraction of sp³-hybridized carbons (Fsp3) is 0.250. The minimum absolute atomic E-state index is 0.123. The summed E-state index contributed by atoms with van der Waals surface area (Å²) >= 11 is 0. The first kappa shape index (κ1) is 14.3. The molecule has 1 fully saturated rings. The molecule has 2 amide bonds. The van der Waals surface area contributed by atoms with E-state index >= 15 is 0 Å². The summed E-state index contributed by atoms with van der Waals surface area (Å²) in [5.41, 5.74) is 0.827. The lowest BCUT2D eigenvalue weighted by molar-refractivity contribution is -0.148. The van der Waals surface area contributed by atoms with Crippen molar-refractivity contribution in [2.45, 2.75) is 18.7 Å². The van der Waals surface area contributed by atoms with Crippen LogP contribution >= 0.6 is 0 Å². The summed E-state index contributed by atoms with van der Waals surface area (Å²) in [6, 6.07) is 12.3. The number of morpholine rings is 1. The van der Waals surface area contributed by atoms with Gasteiger partial charge < -0.3 is 19.8 Å². The number of nitrogens with one attached hydrogen (secondary N) is 2. The quantitative estimate of drug-likeness (QED) is 0.887. The van der Waals surface area contributed by atoms with E-state index in [2.05, 4.69) is 10.6 Å². The predicted octanol–water partition coefficient (Wildman–Crippen LogP) is 1.15. The minimum Gasteiger partial charge on any atom is -0.467 e. The molecule has 2 atom stereocenters. The van der Waals surface area contributed by atoms with E-state index < -0.39 is 12.1 Å². The van der Waals surface area contributed by atoms with Gasteiger partial charge in [0.25, 0.3) is 5.91 Å². The number of furan rings is 1. The highest BCUT2D eigenvalue weighted by molar-refractivity contribution is 5.86. The van der Waals surface area contributed by atoms with E-state index in [1.54, 1.807) is 18.4 Å². The van der Waals surface area contributed by atoms with Gasteiger partial charge in [-0.3, -0.25) is 9.59 Å². The highest BCUT2D eigenvalue weighted by Crippen LogP contribution is 2.22. The highest BCUT2D eigenvalue weighted by atomic mass is 16.5. The molecule has 1 aliphatic rings. The van der Waals surface area contributed by atoms with Crippen molar-refractivity contribution >= 4 is 11.8 Å². The lowest BCUT2D eigenvalue weighted by atomic mass is 9.99. The molecular formula is C16H16N2O4. The number of benzene rings is 1. The molecule has 0 saturated carbocycles. The topological polar surface area (TPSA) is 80.6 Å². The van der Waals surface area contributed by atoms with Crippen molar-refractivity contribution in [2.75, 3.05) is 6.61 Å². The Bertz CT molecular complexity index is 639. The van der Waals surface area contributed by atoms with Crippen LogP contribution in [-0.4, -0.2) is 24.5 Å². The molecule has 1 aromatic carbocycles. The summed E-state index contributed by atoms with van der Waals surface area (Å²) in [7, 11) is 0. The standard InChI is InChI=1S/C16H16N2O4/c19-13-10-22-15(14(18-13)11-5-2-1-3-6-11)16(20)17-9-12-7-4-8-21-12/h1-8,14-15H,9-10H2,(H,17,20)(H,18,19)/t14-,15+/m0/s1. The van der Waals surface area contributed by atoms with Crippen molar-refractivity contribution in [2.24, 2.45) is 0 Å². The Balaban J connectivity index is 1.71. The molecule has 1 aromatic heterocycles. The molecule has 2 heterocycles. The summed E-state index contributed by atoms with van der Waals surface area (Å²) in [4.78, 5) is 23.9. The van der Waals surface area contributed by atoms with Gasteiger partial charge in [-0.05, 0) is 17.7 Å². The molecule has 2 aromatic rings. The normalized spacial score (nSPS) is 21.2. The van der Waals surface area contributed by atoms with E-state index in [-0.39, 0.29) is 25.0 Å². The van der Waals surface area contributed by atoms with Gasteiger partial charge in [0.15, 0.2) is 6.10 Å². The zero-order valence-electron chi connectivity index (χ0n) is 11.8. The van der Waals surface area contributed by atoms with Gasteiger partial charge in [0.1, 0.15) is 12.4 Å². The SMILES string of the molecule is O=C1CO[C@@H](C(=O)NCc2ccco2)[C@H](c2ccccc2)N1. The second kappa shape index (κ2) is 6.44. The first-order chi connectivity index (χ1) is 10.7. The van der Waals surface area contributed by atoms with E-state index in [1.807, 2.05) is 30.3 Å². The van der Waals surface area contributed by atoms with Crippen LogP contribution in [-0.2, 0) is 20.9 Å². The monoisotopic (exact) mass is 300 g/mol. The van der Waals surface area contributed by atoms with Crippen LogP contribution in [0.25, 0.3) is 0 Å². The van der Waals surface area contributed by atoms with E-state index in [0.29, 0.717) is 5.76 Å². The Labute approximate surface area is 127 Å². The van der Waals surface area contributed by atoms with Crippen molar-refractivity contribution in [3.05, 3.63) is 60.1 Å². The minimum atomic E-state index is -0.768. The first-order valence-corrected chi connectivity index (χ1v) is 7.00. The number of rotatable bonds is 4. The maximum Gasteiger partial charge on any atom is 0.252 e. The summed E-state index contributed by atoms with van der Waals surface area (Å²) in [5, 5.41) is 5.57. The molecular weight excluding hydrogens is 284 g/mol. The first-order valence-electron chi connectivity index (χ1n) is 7.00. The van der Waals surface area contributed by atoms with Gasteiger partial charge in [0, 0.05) is 0 Å². The Morgan fingerprint density at radius 2 is 2.05 bits per heavy atom. The molecule has 22 heavy (non-hydrogen) atoms. The second-order valence-corrected chi connectivity index (χ2v) is 4.98. The zero-order chi connectivity index (χ0) is 15.4. The van der Waals surface area contributed by atoms with Gasteiger partial charge in [-0.25, -0.2) is 0 Å². The lowest BCUT2D eigenvalue weighted by Gasteiger charge is -2.31. The van der Waals surface area contributed by atoms with Crippen LogP contribution < -0.4 is 10.6 Å². The number of amides is 2. The van der Waals surface area contributed by atoms with Gasteiger partial charge in [-0.2, -0.15) is 0 Å². The van der Waals surface area contributed by atoms with Crippen LogP contribution in [0.5, 0.6) is 0 Å². The van der Waals surface area contributed by atoms with E-state index in [0.717, 1.165) is 5.56 Å². The molecule has 6 nitrogen and oxygen atoms in total. The van der Waals surface area contributed by atoms with E-state index in [1.165, 1.54) is 0 Å². The van der Waals surface area contributed by atoms with Crippen LogP contribution in [0, 0.1) is 0 Å².